The van der Waals surface area contributed by atoms with E-state index in [0.717, 1.165) is 19.4 Å². The lowest BCUT2D eigenvalue weighted by atomic mass is 10.1. The zero-order valence-electron chi connectivity index (χ0n) is 12.7. The van der Waals surface area contributed by atoms with E-state index in [1.807, 2.05) is 19.1 Å². The van der Waals surface area contributed by atoms with E-state index in [4.69, 9.17) is 4.74 Å². The highest BCUT2D eigenvalue weighted by Crippen LogP contribution is 2.09. The van der Waals surface area contributed by atoms with Gasteiger partial charge in [0, 0.05) is 26.8 Å². The fourth-order valence-corrected chi connectivity index (χ4v) is 2.01. The molecule has 0 aliphatic carbocycles. The Hall–Kier alpha value is -1.39. The third-order valence-corrected chi connectivity index (χ3v) is 3.32. The van der Waals surface area contributed by atoms with Crippen molar-refractivity contribution in [3.8, 4) is 0 Å². The van der Waals surface area contributed by atoms with Crippen molar-refractivity contribution in [2.75, 3.05) is 20.3 Å². The van der Waals surface area contributed by atoms with Crippen LogP contribution in [0.4, 0.5) is 0 Å². The van der Waals surface area contributed by atoms with Gasteiger partial charge in [0.15, 0.2) is 0 Å². The Labute approximate surface area is 121 Å². The fourth-order valence-electron chi connectivity index (χ4n) is 2.01. The van der Waals surface area contributed by atoms with Crippen molar-refractivity contribution in [1.82, 2.24) is 10.6 Å². The number of aryl methyl sites for hydroxylation is 1. The van der Waals surface area contributed by atoms with Gasteiger partial charge in [0.1, 0.15) is 0 Å². The van der Waals surface area contributed by atoms with Crippen LogP contribution in [0.25, 0.3) is 0 Å². The average molecular weight is 278 g/mol. The van der Waals surface area contributed by atoms with Crippen LogP contribution in [0.1, 0.15) is 31.4 Å². The lowest BCUT2D eigenvalue weighted by molar-refractivity contribution is -0.122. The lowest BCUT2D eigenvalue weighted by Crippen LogP contribution is -2.42. The number of rotatable bonds is 9. The summed E-state index contributed by atoms with van der Waals surface area (Å²) in [5.74, 6) is 0.0371. The van der Waals surface area contributed by atoms with Gasteiger partial charge in [-0.25, -0.2) is 0 Å². The topological polar surface area (TPSA) is 50.4 Å². The number of benzene rings is 1. The van der Waals surface area contributed by atoms with Gasteiger partial charge >= 0.3 is 0 Å². The van der Waals surface area contributed by atoms with Gasteiger partial charge in [-0.2, -0.15) is 0 Å². The molecular weight excluding hydrogens is 252 g/mol. The van der Waals surface area contributed by atoms with Crippen LogP contribution >= 0.6 is 0 Å². The number of hydrogen-bond donors (Lipinski definition) is 2. The molecule has 0 aliphatic heterocycles. The minimum absolute atomic E-state index is 0.0371. The third-order valence-electron chi connectivity index (χ3n) is 3.32. The Morgan fingerprint density at radius 3 is 2.65 bits per heavy atom. The van der Waals surface area contributed by atoms with Gasteiger partial charge in [-0.1, -0.05) is 31.2 Å². The fraction of sp³-hybridized carbons (Fsp3) is 0.562. The molecule has 0 aromatic heterocycles. The summed E-state index contributed by atoms with van der Waals surface area (Å²) >= 11 is 0. The quantitative estimate of drug-likeness (QED) is 0.678. The highest BCUT2D eigenvalue weighted by atomic mass is 16.5. The van der Waals surface area contributed by atoms with Gasteiger partial charge in [-0.3, -0.25) is 4.79 Å². The van der Waals surface area contributed by atoms with Gasteiger partial charge in [-0.05, 0) is 30.9 Å². The molecule has 1 rings (SSSR count). The first-order valence-electron chi connectivity index (χ1n) is 7.25. The van der Waals surface area contributed by atoms with Crippen LogP contribution in [0.15, 0.2) is 24.3 Å². The van der Waals surface area contributed by atoms with Crippen molar-refractivity contribution in [2.24, 2.45) is 0 Å². The minimum atomic E-state index is -0.192. The maximum absolute atomic E-state index is 11.9. The van der Waals surface area contributed by atoms with Crippen molar-refractivity contribution in [1.29, 1.82) is 0 Å². The molecule has 1 atom stereocenters. The SMILES string of the molecule is CCc1ccccc1CNC(C)C(=O)NCCCOC. The molecule has 4 nitrogen and oxygen atoms in total. The predicted octanol–water partition coefficient (Wildman–Crippen LogP) is 1.88. The highest BCUT2D eigenvalue weighted by Gasteiger charge is 2.11. The van der Waals surface area contributed by atoms with E-state index in [1.54, 1.807) is 7.11 Å². The van der Waals surface area contributed by atoms with Crippen LogP contribution in [-0.4, -0.2) is 32.2 Å². The van der Waals surface area contributed by atoms with Crippen LogP contribution < -0.4 is 10.6 Å². The Morgan fingerprint density at radius 2 is 2.00 bits per heavy atom. The second-order valence-electron chi connectivity index (χ2n) is 4.86. The predicted molar refractivity (Wildman–Crippen MR) is 81.6 cm³/mol. The number of amides is 1. The smallest absolute Gasteiger partial charge is 0.236 e. The Bertz CT molecular complexity index is 407. The molecule has 4 heteroatoms. The Kier molecular flexibility index (Phi) is 7.92. The maximum atomic E-state index is 11.9. The number of methoxy groups -OCH3 is 1. The number of nitrogens with one attached hydrogen (secondary N) is 2. The largest absolute Gasteiger partial charge is 0.385 e. The molecule has 0 heterocycles. The number of hydrogen-bond acceptors (Lipinski definition) is 3. The molecule has 1 aromatic rings. The van der Waals surface area contributed by atoms with E-state index in [-0.39, 0.29) is 11.9 Å². The summed E-state index contributed by atoms with van der Waals surface area (Å²) in [5, 5.41) is 6.17. The van der Waals surface area contributed by atoms with E-state index >= 15 is 0 Å². The third kappa shape index (κ3) is 5.72. The average Bonchev–Trinajstić information content (AvgIpc) is 2.49. The summed E-state index contributed by atoms with van der Waals surface area (Å²) in [6, 6.07) is 8.13. The first-order valence-corrected chi connectivity index (χ1v) is 7.25. The zero-order valence-corrected chi connectivity index (χ0v) is 12.7. The van der Waals surface area contributed by atoms with Crippen molar-refractivity contribution in [3.63, 3.8) is 0 Å². The van der Waals surface area contributed by atoms with Crippen molar-refractivity contribution in [2.45, 2.75) is 39.3 Å². The van der Waals surface area contributed by atoms with Crippen LogP contribution in [0.3, 0.4) is 0 Å². The monoisotopic (exact) mass is 278 g/mol. The molecule has 0 aliphatic rings. The van der Waals surface area contributed by atoms with Gasteiger partial charge in [0.2, 0.25) is 5.91 Å². The molecule has 0 spiro atoms. The maximum Gasteiger partial charge on any atom is 0.236 e. The summed E-state index contributed by atoms with van der Waals surface area (Å²) in [6.45, 7) is 6.08. The van der Waals surface area contributed by atoms with Gasteiger partial charge in [0.05, 0.1) is 6.04 Å². The lowest BCUT2D eigenvalue weighted by Gasteiger charge is -2.15. The summed E-state index contributed by atoms with van der Waals surface area (Å²) in [4.78, 5) is 11.9. The minimum Gasteiger partial charge on any atom is -0.385 e. The molecule has 1 unspecified atom stereocenters. The Balaban J connectivity index is 2.34. The first-order chi connectivity index (χ1) is 9.69. The van der Waals surface area contributed by atoms with Gasteiger partial charge in [0.25, 0.3) is 0 Å². The standard InChI is InChI=1S/C16H26N2O2/c1-4-14-8-5-6-9-15(14)12-18-13(2)16(19)17-10-7-11-20-3/h5-6,8-9,13,18H,4,7,10-12H2,1-3H3,(H,17,19). The molecule has 0 saturated carbocycles. The second kappa shape index (κ2) is 9.50. The highest BCUT2D eigenvalue weighted by molar-refractivity contribution is 5.81. The number of carbonyl (C=O) groups excluding carboxylic acids is 1. The zero-order chi connectivity index (χ0) is 14.8. The summed E-state index contributed by atoms with van der Waals surface area (Å²) in [5.41, 5.74) is 2.58. The van der Waals surface area contributed by atoms with E-state index in [9.17, 15) is 4.79 Å². The molecule has 0 bridgehead atoms. The van der Waals surface area contributed by atoms with Crippen LogP contribution in [-0.2, 0) is 22.5 Å². The van der Waals surface area contributed by atoms with E-state index in [2.05, 4.69) is 29.7 Å². The summed E-state index contributed by atoms with van der Waals surface area (Å²) in [6.07, 6.45) is 1.85. The normalized spacial score (nSPS) is 12.2. The second-order valence-corrected chi connectivity index (χ2v) is 4.86. The molecule has 1 amide bonds. The molecule has 20 heavy (non-hydrogen) atoms. The van der Waals surface area contributed by atoms with Crippen molar-refractivity contribution < 1.29 is 9.53 Å². The van der Waals surface area contributed by atoms with Gasteiger partial charge in [-0.15, -0.1) is 0 Å². The summed E-state index contributed by atoms with van der Waals surface area (Å²) in [7, 11) is 1.66. The number of ether oxygens (including phenoxy) is 1. The molecule has 1 aromatic carbocycles. The Morgan fingerprint density at radius 1 is 1.30 bits per heavy atom. The number of carbonyl (C=O) groups is 1. The molecule has 0 radical (unpaired) electrons. The van der Waals surface area contributed by atoms with Gasteiger partial charge < -0.3 is 15.4 Å². The van der Waals surface area contributed by atoms with Crippen LogP contribution in [0, 0.1) is 0 Å². The molecule has 112 valence electrons. The van der Waals surface area contributed by atoms with E-state index < -0.39 is 0 Å². The molecule has 0 fully saturated rings. The van der Waals surface area contributed by atoms with Crippen molar-refractivity contribution in [3.05, 3.63) is 35.4 Å². The first kappa shape index (κ1) is 16.7. The van der Waals surface area contributed by atoms with E-state index in [0.29, 0.717) is 13.2 Å². The van der Waals surface area contributed by atoms with Crippen LogP contribution in [0.5, 0.6) is 0 Å². The van der Waals surface area contributed by atoms with E-state index in [1.165, 1.54) is 11.1 Å². The molecule has 0 saturated heterocycles. The van der Waals surface area contributed by atoms with Crippen molar-refractivity contribution >= 4 is 5.91 Å². The molecular formula is C16H26N2O2. The summed E-state index contributed by atoms with van der Waals surface area (Å²) < 4.78 is 4.95. The molecule has 2 N–H and O–H groups in total. The van der Waals surface area contributed by atoms with Crippen LogP contribution in [0.2, 0.25) is 0 Å².